The van der Waals surface area contributed by atoms with Crippen LogP contribution in [0, 0.1) is 10.1 Å². The van der Waals surface area contributed by atoms with Crippen LogP contribution in [0.1, 0.15) is 21.5 Å². The van der Waals surface area contributed by atoms with Gasteiger partial charge in [0.2, 0.25) is 0 Å². The Morgan fingerprint density at radius 2 is 1.73 bits per heavy atom. The van der Waals surface area contributed by atoms with E-state index >= 15 is 0 Å². The van der Waals surface area contributed by atoms with Crippen LogP contribution >= 0.6 is 0 Å². The molecule has 114 valence electrons. The molecule has 7 heteroatoms. The van der Waals surface area contributed by atoms with Crippen molar-refractivity contribution in [3.8, 4) is 5.75 Å². The Morgan fingerprint density at radius 1 is 1.14 bits per heavy atom. The zero-order valence-electron chi connectivity index (χ0n) is 11.6. The molecule has 0 fully saturated rings. The molecule has 2 rings (SSSR count). The van der Waals surface area contributed by atoms with Gasteiger partial charge in [-0.15, -0.1) is 0 Å². The van der Waals surface area contributed by atoms with Crippen LogP contribution in [0.2, 0.25) is 0 Å². The number of aromatic carboxylic acids is 1. The predicted molar refractivity (Wildman–Crippen MR) is 78.7 cm³/mol. The van der Waals surface area contributed by atoms with Crippen molar-refractivity contribution in [2.24, 2.45) is 5.90 Å². The van der Waals surface area contributed by atoms with E-state index in [-0.39, 0.29) is 17.0 Å². The van der Waals surface area contributed by atoms with Crippen LogP contribution in [0.15, 0.2) is 42.5 Å². The smallest absolute Gasteiger partial charge is 0.339 e. The van der Waals surface area contributed by atoms with Crippen molar-refractivity contribution >= 4 is 11.7 Å². The Bertz CT molecular complexity index is 698. The van der Waals surface area contributed by atoms with Gasteiger partial charge in [-0.25, -0.2) is 4.79 Å². The van der Waals surface area contributed by atoms with Crippen molar-refractivity contribution in [2.45, 2.75) is 12.8 Å². The molecule has 0 saturated carbocycles. The number of nitro groups is 1. The maximum Gasteiger partial charge on any atom is 0.339 e. The van der Waals surface area contributed by atoms with E-state index in [9.17, 15) is 14.9 Å². The van der Waals surface area contributed by atoms with Crippen LogP contribution in [0.5, 0.6) is 5.75 Å². The second-order valence-electron chi connectivity index (χ2n) is 4.68. The lowest BCUT2D eigenvalue weighted by atomic mass is 10.0. The van der Waals surface area contributed by atoms with Gasteiger partial charge < -0.3 is 9.94 Å². The molecule has 0 aliphatic heterocycles. The first-order valence-electron chi connectivity index (χ1n) is 6.47. The molecule has 0 aromatic heterocycles. The molecule has 0 bridgehead atoms. The zero-order valence-corrected chi connectivity index (χ0v) is 11.6. The van der Waals surface area contributed by atoms with Gasteiger partial charge in [0.05, 0.1) is 4.92 Å². The third-order valence-corrected chi connectivity index (χ3v) is 3.25. The van der Waals surface area contributed by atoms with E-state index in [4.69, 9.17) is 11.0 Å². The molecule has 2 aromatic rings. The summed E-state index contributed by atoms with van der Waals surface area (Å²) in [5.74, 6) is 4.01. The van der Waals surface area contributed by atoms with Crippen LogP contribution < -0.4 is 10.7 Å². The number of nitro benzene ring substituents is 1. The maximum atomic E-state index is 11.1. The Kier molecular flexibility index (Phi) is 4.70. The number of nitrogens with two attached hydrogens (primary N) is 1. The first-order chi connectivity index (χ1) is 10.5. The predicted octanol–water partition coefficient (Wildman–Crippen LogP) is 2.33. The standard InChI is InChI=1S/C15H14N2O5/c16-22-14-8-5-11(9-13(14)15(18)19)2-1-10-3-6-12(7-4-10)17(20)21/h3-9H,1-2,16H2,(H,18,19). The summed E-state index contributed by atoms with van der Waals surface area (Å²) >= 11 is 0. The van der Waals surface area contributed by atoms with Gasteiger partial charge in [-0.2, -0.15) is 5.90 Å². The van der Waals surface area contributed by atoms with Crippen molar-refractivity contribution in [3.05, 3.63) is 69.3 Å². The largest absolute Gasteiger partial charge is 0.478 e. The molecule has 0 unspecified atom stereocenters. The highest BCUT2D eigenvalue weighted by Gasteiger charge is 2.12. The SMILES string of the molecule is NOc1ccc(CCc2ccc([N+](=O)[O-])cc2)cc1C(=O)O. The van der Waals surface area contributed by atoms with E-state index in [0.29, 0.717) is 12.8 Å². The summed E-state index contributed by atoms with van der Waals surface area (Å²) in [4.78, 5) is 25.8. The Balaban J connectivity index is 2.09. The molecule has 2 aromatic carbocycles. The maximum absolute atomic E-state index is 11.1. The average Bonchev–Trinajstić information content (AvgIpc) is 2.53. The third kappa shape index (κ3) is 3.58. The van der Waals surface area contributed by atoms with Gasteiger partial charge in [0.15, 0.2) is 5.75 Å². The molecule has 0 amide bonds. The lowest BCUT2D eigenvalue weighted by molar-refractivity contribution is -0.384. The summed E-state index contributed by atoms with van der Waals surface area (Å²) in [6.07, 6.45) is 1.24. The lowest BCUT2D eigenvalue weighted by Crippen LogP contribution is -2.08. The van der Waals surface area contributed by atoms with Crippen molar-refractivity contribution in [3.63, 3.8) is 0 Å². The van der Waals surface area contributed by atoms with E-state index in [1.165, 1.54) is 24.3 Å². The molecule has 7 nitrogen and oxygen atoms in total. The van der Waals surface area contributed by atoms with E-state index < -0.39 is 10.9 Å². The van der Waals surface area contributed by atoms with Gasteiger partial charge in [-0.3, -0.25) is 10.1 Å². The molecular formula is C15H14N2O5. The highest BCUT2D eigenvalue weighted by atomic mass is 16.6. The Labute approximate surface area is 126 Å². The number of benzene rings is 2. The van der Waals surface area contributed by atoms with Crippen molar-refractivity contribution in [1.82, 2.24) is 0 Å². The lowest BCUT2D eigenvalue weighted by Gasteiger charge is -2.07. The molecule has 22 heavy (non-hydrogen) atoms. The normalized spacial score (nSPS) is 10.2. The van der Waals surface area contributed by atoms with Crippen LogP contribution in [-0.4, -0.2) is 16.0 Å². The fourth-order valence-electron chi connectivity index (χ4n) is 2.08. The summed E-state index contributed by atoms with van der Waals surface area (Å²) < 4.78 is 0. The van der Waals surface area contributed by atoms with Crippen molar-refractivity contribution < 1.29 is 19.7 Å². The van der Waals surface area contributed by atoms with Gasteiger partial charge in [-0.05, 0) is 36.1 Å². The van der Waals surface area contributed by atoms with Crippen molar-refractivity contribution in [2.75, 3.05) is 0 Å². The van der Waals surface area contributed by atoms with Gasteiger partial charge in [0.1, 0.15) is 5.56 Å². The summed E-state index contributed by atoms with van der Waals surface area (Å²) in [5, 5.41) is 19.7. The van der Waals surface area contributed by atoms with Crippen LogP contribution in [-0.2, 0) is 12.8 Å². The highest BCUT2D eigenvalue weighted by Crippen LogP contribution is 2.21. The molecule has 0 atom stereocenters. The minimum absolute atomic E-state index is 0.00343. The summed E-state index contributed by atoms with van der Waals surface area (Å²) in [6, 6.07) is 11.0. The molecule has 0 radical (unpaired) electrons. The molecule has 0 aliphatic rings. The first-order valence-corrected chi connectivity index (χ1v) is 6.47. The van der Waals surface area contributed by atoms with Gasteiger partial charge >= 0.3 is 5.97 Å². The molecule has 0 aliphatic carbocycles. The summed E-state index contributed by atoms with van der Waals surface area (Å²) in [6.45, 7) is 0. The number of nitrogens with zero attached hydrogens (tertiary/aromatic N) is 1. The van der Waals surface area contributed by atoms with E-state index in [1.54, 1.807) is 18.2 Å². The van der Waals surface area contributed by atoms with E-state index in [2.05, 4.69) is 4.84 Å². The number of carbonyl (C=O) groups is 1. The average molecular weight is 302 g/mol. The zero-order chi connectivity index (χ0) is 16.1. The van der Waals surface area contributed by atoms with Gasteiger partial charge in [-0.1, -0.05) is 18.2 Å². The van der Waals surface area contributed by atoms with Crippen LogP contribution in [0.4, 0.5) is 5.69 Å². The number of hydrogen-bond acceptors (Lipinski definition) is 5. The fourth-order valence-corrected chi connectivity index (χ4v) is 2.08. The van der Waals surface area contributed by atoms with Crippen molar-refractivity contribution in [1.29, 1.82) is 0 Å². The Hall–Kier alpha value is -2.93. The first kappa shape index (κ1) is 15.5. The van der Waals surface area contributed by atoms with Gasteiger partial charge in [0, 0.05) is 12.1 Å². The summed E-state index contributed by atoms with van der Waals surface area (Å²) in [5.41, 5.74) is 1.79. The monoisotopic (exact) mass is 302 g/mol. The number of rotatable bonds is 6. The van der Waals surface area contributed by atoms with E-state index in [1.807, 2.05) is 0 Å². The fraction of sp³-hybridized carbons (Fsp3) is 0.133. The second kappa shape index (κ2) is 6.68. The van der Waals surface area contributed by atoms with Crippen LogP contribution in [0.3, 0.4) is 0 Å². The number of hydrogen-bond donors (Lipinski definition) is 2. The number of non-ortho nitro benzene ring substituents is 1. The topological polar surface area (TPSA) is 116 Å². The number of aryl methyl sites for hydroxylation is 2. The molecule has 3 N–H and O–H groups in total. The van der Waals surface area contributed by atoms with Crippen LogP contribution in [0.25, 0.3) is 0 Å². The summed E-state index contributed by atoms with van der Waals surface area (Å²) in [7, 11) is 0. The number of carboxylic acids is 1. The minimum Gasteiger partial charge on any atom is -0.478 e. The molecule has 0 heterocycles. The third-order valence-electron chi connectivity index (χ3n) is 3.25. The highest BCUT2D eigenvalue weighted by molar-refractivity contribution is 5.91. The van der Waals surface area contributed by atoms with E-state index in [0.717, 1.165) is 11.1 Å². The number of carboxylic acid groups (broad SMARTS) is 1. The minimum atomic E-state index is -1.11. The molecular weight excluding hydrogens is 288 g/mol. The molecule has 0 spiro atoms. The quantitative estimate of drug-likeness (QED) is 0.625. The van der Waals surface area contributed by atoms with Gasteiger partial charge in [0.25, 0.3) is 5.69 Å². The Morgan fingerprint density at radius 3 is 2.27 bits per heavy atom. The second-order valence-corrected chi connectivity index (χ2v) is 4.68. The molecule has 0 saturated heterocycles.